The lowest BCUT2D eigenvalue weighted by Gasteiger charge is -2.10. The highest BCUT2D eigenvalue weighted by molar-refractivity contribution is 9.10. The highest BCUT2D eigenvalue weighted by Crippen LogP contribution is 2.15. The number of aryl methyl sites for hydroxylation is 2. The van der Waals surface area contributed by atoms with Gasteiger partial charge in [-0.1, -0.05) is 15.9 Å². The molecule has 0 aliphatic heterocycles. The van der Waals surface area contributed by atoms with Crippen molar-refractivity contribution in [3.8, 4) is 0 Å². The van der Waals surface area contributed by atoms with Crippen molar-refractivity contribution in [2.45, 2.75) is 33.9 Å². The third-order valence-corrected chi connectivity index (χ3v) is 3.62. The molecule has 5 nitrogen and oxygen atoms in total. The Hall–Kier alpha value is -1.89. The zero-order valence-electron chi connectivity index (χ0n) is 13.4. The minimum absolute atomic E-state index is 0.284. The molecule has 0 bridgehead atoms. The number of oxazole rings is 1. The topological polar surface area (TPSA) is 62.5 Å². The lowest BCUT2D eigenvalue weighted by molar-refractivity contribution is 0.463. The van der Waals surface area contributed by atoms with E-state index in [1.807, 2.05) is 26.8 Å². The van der Waals surface area contributed by atoms with Crippen LogP contribution < -0.4 is 10.6 Å². The van der Waals surface area contributed by atoms with Crippen molar-refractivity contribution in [1.82, 2.24) is 15.6 Å². The minimum atomic E-state index is -0.284. The quantitative estimate of drug-likeness (QED) is 0.613. The summed E-state index contributed by atoms with van der Waals surface area (Å²) in [6.45, 7) is 7.30. The summed E-state index contributed by atoms with van der Waals surface area (Å²) in [5.41, 5.74) is 1.67. The standard InChI is InChI=1S/C16H20BrFN4O/c1-4-19-16(21-9-15-22-10(2)11(3)23-15)20-8-12-5-13(17)7-14(18)6-12/h5-7H,4,8-9H2,1-3H3,(H2,19,20,21). The van der Waals surface area contributed by atoms with E-state index in [4.69, 9.17) is 4.42 Å². The van der Waals surface area contributed by atoms with Crippen LogP contribution in [0.3, 0.4) is 0 Å². The van der Waals surface area contributed by atoms with Crippen LogP contribution in [-0.4, -0.2) is 17.5 Å². The van der Waals surface area contributed by atoms with Crippen LogP contribution >= 0.6 is 15.9 Å². The molecule has 2 N–H and O–H groups in total. The highest BCUT2D eigenvalue weighted by Gasteiger charge is 2.06. The zero-order valence-corrected chi connectivity index (χ0v) is 15.0. The Morgan fingerprint density at radius 1 is 1.30 bits per heavy atom. The summed E-state index contributed by atoms with van der Waals surface area (Å²) in [5.74, 6) is 1.77. The van der Waals surface area contributed by atoms with E-state index in [2.05, 4.69) is 36.5 Å². The molecule has 2 rings (SSSR count). The number of aromatic nitrogens is 1. The summed E-state index contributed by atoms with van der Waals surface area (Å²) < 4.78 is 19.6. The molecule has 0 spiro atoms. The minimum Gasteiger partial charge on any atom is -0.444 e. The van der Waals surface area contributed by atoms with Gasteiger partial charge >= 0.3 is 0 Å². The van der Waals surface area contributed by atoms with Gasteiger partial charge in [-0.2, -0.15) is 0 Å². The first-order chi connectivity index (χ1) is 11.0. The Kier molecular flexibility index (Phi) is 6.15. The van der Waals surface area contributed by atoms with Crippen molar-refractivity contribution in [2.75, 3.05) is 6.54 Å². The molecule has 1 heterocycles. The van der Waals surface area contributed by atoms with Crippen molar-refractivity contribution in [2.24, 2.45) is 4.99 Å². The average Bonchev–Trinajstić information content (AvgIpc) is 2.80. The van der Waals surface area contributed by atoms with Crippen LogP contribution in [0.1, 0.15) is 29.8 Å². The lowest BCUT2D eigenvalue weighted by Crippen LogP contribution is -2.36. The molecule has 0 saturated heterocycles. The number of nitrogens with zero attached hydrogens (tertiary/aromatic N) is 2. The first-order valence-corrected chi connectivity index (χ1v) is 8.17. The smallest absolute Gasteiger partial charge is 0.214 e. The van der Waals surface area contributed by atoms with Crippen LogP contribution in [-0.2, 0) is 13.1 Å². The van der Waals surface area contributed by atoms with E-state index in [-0.39, 0.29) is 5.82 Å². The van der Waals surface area contributed by atoms with Crippen LogP contribution in [0, 0.1) is 19.7 Å². The number of rotatable bonds is 5. The molecule has 0 radical (unpaired) electrons. The predicted molar refractivity (Wildman–Crippen MR) is 91.7 cm³/mol. The van der Waals surface area contributed by atoms with Crippen LogP contribution in [0.2, 0.25) is 0 Å². The molecule has 1 aromatic carbocycles. The van der Waals surface area contributed by atoms with E-state index in [0.29, 0.717) is 29.4 Å². The van der Waals surface area contributed by atoms with Gasteiger partial charge < -0.3 is 15.1 Å². The van der Waals surface area contributed by atoms with Crippen molar-refractivity contribution < 1.29 is 8.81 Å². The molecular weight excluding hydrogens is 363 g/mol. The van der Waals surface area contributed by atoms with Crippen molar-refractivity contribution >= 4 is 21.9 Å². The number of benzene rings is 1. The zero-order chi connectivity index (χ0) is 16.8. The molecule has 0 unspecified atom stereocenters. The average molecular weight is 383 g/mol. The summed E-state index contributed by atoms with van der Waals surface area (Å²) in [4.78, 5) is 8.76. The van der Waals surface area contributed by atoms with Gasteiger partial charge in [-0.25, -0.2) is 14.4 Å². The number of nitrogens with one attached hydrogen (secondary N) is 2. The van der Waals surface area contributed by atoms with E-state index >= 15 is 0 Å². The first-order valence-electron chi connectivity index (χ1n) is 7.38. The molecule has 124 valence electrons. The molecule has 0 aliphatic rings. The molecular formula is C16H20BrFN4O. The summed E-state index contributed by atoms with van der Waals surface area (Å²) in [6, 6.07) is 4.74. The molecule has 0 fully saturated rings. The van der Waals surface area contributed by atoms with E-state index < -0.39 is 0 Å². The third kappa shape index (κ3) is 5.35. The second-order valence-corrected chi connectivity index (χ2v) is 5.99. The summed E-state index contributed by atoms with van der Waals surface area (Å²) in [5, 5.41) is 6.29. The fourth-order valence-electron chi connectivity index (χ4n) is 1.99. The Morgan fingerprint density at radius 3 is 2.70 bits per heavy atom. The van der Waals surface area contributed by atoms with E-state index in [9.17, 15) is 4.39 Å². The fourth-order valence-corrected chi connectivity index (χ4v) is 2.50. The maximum atomic E-state index is 13.4. The van der Waals surface area contributed by atoms with Gasteiger partial charge in [0, 0.05) is 11.0 Å². The second-order valence-electron chi connectivity index (χ2n) is 5.08. The Balaban J connectivity index is 2.01. The normalized spacial score (nSPS) is 11.6. The van der Waals surface area contributed by atoms with E-state index in [0.717, 1.165) is 23.6 Å². The second kappa shape index (κ2) is 8.10. The van der Waals surface area contributed by atoms with Crippen molar-refractivity contribution in [3.63, 3.8) is 0 Å². The third-order valence-electron chi connectivity index (χ3n) is 3.17. The number of hydrogen-bond donors (Lipinski definition) is 2. The molecule has 23 heavy (non-hydrogen) atoms. The van der Waals surface area contributed by atoms with E-state index in [1.165, 1.54) is 12.1 Å². The Bertz CT molecular complexity index is 660. The summed E-state index contributed by atoms with van der Waals surface area (Å²) in [6.07, 6.45) is 0. The number of guanidine groups is 1. The van der Waals surface area contributed by atoms with Gasteiger partial charge in [-0.05, 0) is 44.5 Å². The van der Waals surface area contributed by atoms with Gasteiger partial charge in [-0.3, -0.25) is 0 Å². The molecule has 0 aliphatic carbocycles. The van der Waals surface area contributed by atoms with Crippen LogP contribution in [0.4, 0.5) is 4.39 Å². The summed E-state index contributed by atoms with van der Waals surface area (Å²) in [7, 11) is 0. The summed E-state index contributed by atoms with van der Waals surface area (Å²) >= 11 is 3.28. The fraction of sp³-hybridized carbons (Fsp3) is 0.375. The number of halogens is 2. The monoisotopic (exact) mass is 382 g/mol. The number of aliphatic imine (C=N–C) groups is 1. The van der Waals surface area contributed by atoms with Crippen molar-refractivity contribution in [3.05, 3.63) is 51.4 Å². The lowest BCUT2D eigenvalue weighted by atomic mass is 10.2. The van der Waals surface area contributed by atoms with Crippen LogP contribution in [0.5, 0.6) is 0 Å². The van der Waals surface area contributed by atoms with Gasteiger partial charge in [0.25, 0.3) is 0 Å². The molecule has 2 aromatic rings. The van der Waals surface area contributed by atoms with Crippen molar-refractivity contribution in [1.29, 1.82) is 0 Å². The maximum absolute atomic E-state index is 13.4. The maximum Gasteiger partial charge on any atom is 0.214 e. The van der Waals surface area contributed by atoms with E-state index in [1.54, 1.807) is 0 Å². The van der Waals surface area contributed by atoms with Gasteiger partial charge in [-0.15, -0.1) is 0 Å². The number of hydrogen-bond acceptors (Lipinski definition) is 3. The van der Waals surface area contributed by atoms with Gasteiger partial charge in [0.2, 0.25) is 5.89 Å². The molecule has 0 amide bonds. The highest BCUT2D eigenvalue weighted by atomic mass is 79.9. The molecule has 0 atom stereocenters. The molecule has 0 saturated carbocycles. The van der Waals surface area contributed by atoms with Crippen LogP contribution in [0.25, 0.3) is 0 Å². The SMILES string of the molecule is CCNC(=NCc1cc(F)cc(Br)c1)NCc1nc(C)c(C)o1. The van der Waals surface area contributed by atoms with Crippen LogP contribution in [0.15, 0.2) is 32.1 Å². The van der Waals surface area contributed by atoms with Gasteiger partial charge in [0.1, 0.15) is 11.6 Å². The Labute approximate surface area is 143 Å². The predicted octanol–water partition coefficient (Wildman–Crippen LogP) is 3.45. The largest absolute Gasteiger partial charge is 0.444 e. The molecule has 7 heteroatoms. The van der Waals surface area contributed by atoms with Gasteiger partial charge in [0.15, 0.2) is 5.96 Å². The molecule has 1 aromatic heterocycles. The van der Waals surface area contributed by atoms with Gasteiger partial charge in [0.05, 0.1) is 18.8 Å². The first kappa shape index (κ1) is 17.5. The Morgan fingerprint density at radius 2 is 2.09 bits per heavy atom.